The average molecular weight is 236 g/mol. The van der Waals surface area contributed by atoms with Gasteiger partial charge in [-0.25, -0.2) is 4.98 Å². The van der Waals surface area contributed by atoms with Crippen molar-refractivity contribution in [3.63, 3.8) is 0 Å². The first-order chi connectivity index (χ1) is 7.58. The second-order valence-corrected chi connectivity index (χ2v) is 4.93. The van der Waals surface area contributed by atoms with E-state index in [9.17, 15) is 0 Å². The van der Waals surface area contributed by atoms with Gasteiger partial charge in [0, 0.05) is 28.8 Å². The number of hydrogen-bond donors (Lipinski definition) is 1. The van der Waals surface area contributed by atoms with Crippen LogP contribution < -0.4 is 5.43 Å². The normalized spacial score (nSPS) is 11.1. The van der Waals surface area contributed by atoms with Crippen molar-refractivity contribution in [2.24, 2.45) is 0 Å². The summed E-state index contributed by atoms with van der Waals surface area (Å²) in [6, 6.07) is 4.15. The van der Waals surface area contributed by atoms with E-state index in [4.69, 9.17) is 0 Å². The predicted octanol–water partition coefficient (Wildman–Crippen LogP) is 2.96. The quantitative estimate of drug-likeness (QED) is 0.891. The lowest BCUT2D eigenvalue weighted by Gasteiger charge is -2.08. The average Bonchev–Trinajstić information content (AvgIpc) is 2.80. The minimum atomic E-state index is 0.374. The molecule has 0 saturated carbocycles. The molecule has 0 bridgehead atoms. The van der Waals surface area contributed by atoms with E-state index in [1.807, 2.05) is 4.68 Å². The van der Waals surface area contributed by atoms with Crippen LogP contribution in [0.25, 0.3) is 0 Å². The van der Waals surface area contributed by atoms with Gasteiger partial charge in [-0.2, -0.15) is 4.37 Å². The highest BCUT2D eigenvalue weighted by Crippen LogP contribution is 2.18. The molecule has 0 aliphatic heterocycles. The molecule has 5 heteroatoms. The topological polar surface area (TPSA) is 42.7 Å². The molecule has 2 heterocycles. The number of aryl methyl sites for hydroxylation is 2. The lowest BCUT2D eigenvalue weighted by molar-refractivity contribution is 0.794. The third-order valence-electron chi connectivity index (χ3n) is 2.44. The summed E-state index contributed by atoms with van der Waals surface area (Å²) in [6.07, 6.45) is 0. The van der Waals surface area contributed by atoms with Crippen LogP contribution in [0.3, 0.4) is 0 Å². The van der Waals surface area contributed by atoms with Crippen LogP contribution in [0, 0.1) is 13.8 Å². The number of hydrogen-bond acceptors (Lipinski definition) is 4. The van der Waals surface area contributed by atoms with Crippen molar-refractivity contribution >= 4 is 16.7 Å². The molecule has 0 saturated heterocycles. The summed E-state index contributed by atoms with van der Waals surface area (Å²) in [4.78, 5) is 4.44. The summed E-state index contributed by atoms with van der Waals surface area (Å²) in [5, 5.41) is 0.839. The summed E-state index contributed by atoms with van der Waals surface area (Å²) in [5.74, 6) is 1.27. The van der Waals surface area contributed by atoms with Gasteiger partial charge in [0.15, 0.2) is 0 Å². The van der Waals surface area contributed by atoms with Crippen LogP contribution in [0.15, 0.2) is 12.1 Å². The molecule has 2 rings (SSSR count). The van der Waals surface area contributed by atoms with E-state index >= 15 is 0 Å². The SMILES string of the molecule is Cc1ccc(C)n1Nc1nc(C(C)C)ns1. The van der Waals surface area contributed by atoms with Crippen LogP contribution in [-0.2, 0) is 0 Å². The summed E-state index contributed by atoms with van der Waals surface area (Å²) in [6.45, 7) is 8.31. The van der Waals surface area contributed by atoms with Crippen molar-refractivity contribution in [1.29, 1.82) is 0 Å². The van der Waals surface area contributed by atoms with Gasteiger partial charge in [-0.05, 0) is 26.0 Å². The molecule has 0 spiro atoms. The minimum absolute atomic E-state index is 0.374. The number of aromatic nitrogens is 3. The number of nitrogens with zero attached hydrogens (tertiary/aromatic N) is 3. The molecule has 0 atom stereocenters. The molecule has 0 fully saturated rings. The van der Waals surface area contributed by atoms with Gasteiger partial charge in [0.05, 0.1) is 0 Å². The molecule has 4 nitrogen and oxygen atoms in total. The van der Waals surface area contributed by atoms with E-state index in [1.54, 1.807) is 0 Å². The highest BCUT2D eigenvalue weighted by Gasteiger charge is 2.08. The maximum atomic E-state index is 4.44. The molecule has 0 radical (unpaired) electrons. The monoisotopic (exact) mass is 236 g/mol. The maximum absolute atomic E-state index is 4.44. The number of nitrogens with one attached hydrogen (secondary N) is 1. The summed E-state index contributed by atoms with van der Waals surface area (Å²) >= 11 is 1.40. The zero-order valence-electron chi connectivity index (χ0n) is 9.98. The number of rotatable bonds is 3. The first-order valence-electron chi connectivity index (χ1n) is 5.33. The Morgan fingerprint density at radius 3 is 2.38 bits per heavy atom. The minimum Gasteiger partial charge on any atom is -0.268 e. The highest BCUT2D eigenvalue weighted by atomic mass is 32.1. The van der Waals surface area contributed by atoms with Gasteiger partial charge in [0.25, 0.3) is 0 Å². The molecule has 86 valence electrons. The molecule has 0 aliphatic carbocycles. The van der Waals surface area contributed by atoms with Gasteiger partial charge in [-0.15, -0.1) is 0 Å². The Bertz CT molecular complexity index is 464. The number of anilines is 1. The lowest BCUT2D eigenvalue weighted by atomic mass is 10.2. The molecule has 0 aromatic carbocycles. The molecule has 0 amide bonds. The van der Waals surface area contributed by atoms with Gasteiger partial charge in [-0.1, -0.05) is 13.8 Å². The Hall–Kier alpha value is -1.36. The molecule has 2 aromatic heterocycles. The summed E-state index contributed by atoms with van der Waals surface area (Å²) < 4.78 is 6.33. The van der Waals surface area contributed by atoms with Crippen LogP contribution in [0.2, 0.25) is 0 Å². The highest BCUT2D eigenvalue weighted by molar-refractivity contribution is 7.09. The third kappa shape index (κ3) is 2.09. The molecule has 2 aromatic rings. The first kappa shape index (κ1) is 11.1. The van der Waals surface area contributed by atoms with Gasteiger partial charge in [0.1, 0.15) is 5.82 Å². The van der Waals surface area contributed by atoms with Crippen molar-refractivity contribution in [3.8, 4) is 0 Å². The van der Waals surface area contributed by atoms with E-state index < -0.39 is 0 Å². The molecular weight excluding hydrogens is 220 g/mol. The van der Waals surface area contributed by atoms with Crippen molar-refractivity contribution in [3.05, 3.63) is 29.3 Å². The second-order valence-electron chi connectivity index (χ2n) is 4.18. The maximum Gasteiger partial charge on any atom is 0.221 e. The van der Waals surface area contributed by atoms with Crippen molar-refractivity contribution in [1.82, 2.24) is 14.0 Å². The molecular formula is C11H16N4S. The second kappa shape index (κ2) is 4.25. The summed E-state index contributed by atoms with van der Waals surface area (Å²) in [5.41, 5.74) is 5.59. The van der Waals surface area contributed by atoms with Crippen molar-refractivity contribution < 1.29 is 0 Å². The Balaban J connectivity index is 2.21. The Morgan fingerprint density at radius 1 is 1.25 bits per heavy atom. The smallest absolute Gasteiger partial charge is 0.221 e. The molecule has 0 aliphatic rings. The van der Waals surface area contributed by atoms with Gasteiger partial charge >= 0.3 is 0 Å². The first-order valence-corrected chi connectivity index (χ1v) is 6.11. The van der Waals surface area contributed by atoms with Crippen LogP contribution in [0.5, 0.6) is 0 Å². The Kier molecular flexibility index (Phi) is 2.96. The van der Waals surface area contributed by atoms with Crippen LogP contribution in [0.1, 0.15) is 37.0 Å². The fourth-order valence-corrected chi connectivity index (χ4v) is 2.15. The molecule has 16 heavy (non-hydrogen) atoms. The van der Waals surface area contributed by atoms with Crippen molar-refractivity contribution in [2.45, 2.75) is 33.6 Å². The Labute approximate surface area is 99.5 Å². The van der Waals surface area contributed by atoms with E-state index in [2.05, 4.69) is 54.6 Å². The fraction of sp³-hybridized carbons (Fsp3) is 0.455. The Morgan fingerprint density at radius 2 is 1.88 bits per heavy atom. The predicted molar refractivity (Wildman–Crippen MR) is 66.9 cm³/mol. The van der Waals surface area contributed by atoms with Gasteiger partial charge < -0.3 is 0 Å². The van der Waals surface area contributed by atoms with Crippen LogP contribution in [-0.4, -0.2) is 14.0 Å². The van der Waals surface area contributed by atoms with Gasteiger partial charge in [0.2, 0.25) is 5.13 Å². The zero-order valence-corrected chi connectivity index (χ0v) is 10.8. The summed E-state index contributed by atoms with van der Waals surface area (Å²) in [7, 11) is 0. The van der Waals surface area contributed by atoms with E-state index in [-0.39, 0.29) is 0 Å². The van der Waals surface area contributed by atoms with Crippen LogP contribution in [0.4, 0.5) is 5.13 Å². The standard InChI is InChI=1S/C11H16N4S/c1-7(2)10-12-11(16-14-10)13-15-8(3)5-6-9(15)4/h5-7H,1-4H3,(H,12,13,14). The largest absolute Gasteiger partial charge is 0.268 e. The fourth-order valence-electron chi connectivity index (χ4n) is 1.46. The van der Waals surface area contributed by atoms with Crippen LogP contribution >= 0.6 is 11.5 Å². The third-order valence-corrected chi connectivity index (χ3v) is 3.07. The molecule has 0 unspecified atom stereocenters. The zero-order chi connectivity index (χ0) is 11.7. The van der Waals surface area contributed by atoms with E-state index in [0.29, 0.717) is 5.92 Å². The molecule has 1 N–H and O–H groups in total. The van der Waals surface area contributed by atoms with E-state index in [0.717, 1.165) is 11.0 Å². The van der Waals surface area contributed by atoms with E-state index in [1.165, 1.54) is 22.9 Å². The van der Waals surface area contributed by atoms with Crippen molar-refractivity contribution in [2.75, 3.05) is 5.43 Å². The van der Waals surface area contributed by atoms with Gasteiger partial charge in [-0.3, -0.25) is 10.1 Å². The lowest BCUT2D eigenvalue weighted by Crippen LogP contribution is -2.11.